The van der Waals surface area contributed by atoms with Gasteiger partial charge in [-0.15, -0.1) is 0 Å². The molecule has 0 aliphatic heterocycles. The molecule has 0 heterocycles. The zero-order chi connectivity index (χ0) is 7.49. The summed E-state index contributed by atoms with van der Waals surface area (Å²) in [6, 6.07) is 0. The average Bonchev–Trinajstić information content (AvgIpc) is 1.59. The Kier molecular flexibility index (Phi) is 3.34. The van der Waals surface area contributed by atoms with Crippen molar-refractivity contribution in [2.75, 3.05) is 6.61 Å². The minimum atomic E-state index is 0.310. The molecule has 0 fully saturated rings. The number of hydrogen-bond acceptors (Lipinski definition) is 1. The van der Waals surface area contributed by atoms with Crippen LogP contribution >= 0.6 is 0 Å². The van der Waals surface area contributed by atoms with Crippen molar-refractivity contribution in [3.63, 3.8) is 0 Å². The minimum Gasteiger partial charge on any atom is -0.380 e. The third-order valence-corrected chi connectivity index (χ3v) is 0.850. The second-order valence-corrected chi connectivity index (χ2v) is 3.92. The fourth-order valence-corrected chi connectivity index (χ4v) is 0.417. The normalized spacial score (nSPS) is 12.4. The highest BCUT2D eigenvalue weighted by molar-refractivity contribution is 6.39. The van der Waals surface area contributed by atoms with Gasteiger partial charge in [-0.05, 0) is 13.8 Å². The maximum Gasteiger partial charge on any atom is 0.102 e. The maximum absolute atomic E-state index is 5.41. The molecule has 0 aromatic heterocycles. The van der Waals surface area contributed by atoms with Crippen LogP contribution in [0.2, 0.25) is 5.21 Å². The Labute approximate surface area is 60.0 Å². The highest BCUT2D eigenvalue weighted by Crippen LogP contribution is 2.13. The second-order valence-electron chi connectivity index (χ2n) is 3.92. The zero-order valence-electron chi connectivity index (χ0n) is 7.19. The van der Waals surface area contributed by atoms with Crippen molar-refractivity contribution in [2.45, 2.75) is 32.1 Å². The molecule has 0 atom stereocenters. The van der Waals surface area contributed by atoms with Gasteiger partial charge >= 0.3 is 0 Å². The fraction of sp³-hybridized carbons (Fsp3) is 1.00. The van der Waals surface area contributed by atoms with Crippen LogP contribution in [0, 0.1) is 0 Å². The molecule has 0 amide bonds. The van der Waals surface area contributed by atoms with Gasteiger partial charge in [-0.1, -0.05) is 12.1 Å². The lowest BCUT2D eigenvalue weighted by atomic mass is 9.56. The Morgan fingerprint density at radius 3 is 2.00 bits per heavy atom. The Balaban J connectivity index is 3.28. The highest BCUT2D eigenvalue weighted by atomic mass is 16.5. The van der Waals surface area contributed by atoms with Crippen LogP contribution in [-0.4, -0.2) is 28.4 Å². The number of hydrogen-bond donors (Lipinski definition) is 0. The molecule has 0 spiro atoms. The molecule has 0 aliphatic rings. The van der Waals surface area contributed by atoms with Crippen LogP contribution in [0.4, 0.5) is 0 Å². The largest absolute Gasteiger partial charge is 0.380 e. The quantitative estimate of drug-likeness (QED) is 0.476. The summed E-state index contributed by atoms with van der Waals surface area (Å²) in [7, 11) is 4.35. The molecular weight excluding hydrogens is 110 g/mol. The molecule has 0 rings (SSSR count). The first-order valence-corrected chi connectivity index (χ1v) is 3.53. The zero-order valence-corrected chi connectivity index (χ0v) is 7.19. The van der Waals surface area contributed by atoms with Crippen molar-refractivity contribution in [2.24, 2.45) is 0 Å². The topological polar surface area (TPSA) is 9.23 Å². The van der Waals surface area contributed by atoms with Crippen LogP contribution in [0.15, 0.2) is 0 Å². The lowest BCUT2D eigenvalue weighted by Gasteiger charge is -2.19. The molecule has 0 aromatic rings. The minimum absolute atomic E-state index is 0.310. The van der Waals surface area contributed by atoms with Crippen LogP contribution < -0.4 is 0 Å². The van der Waals surface area contributed by atoms with Crippen LogP contribution in [0.5, 0.6) is 0 Å². The van der Waals surface area contributed by atoms with E-state index in [1.165, 1.54) is 0 Å². The van der Waals surface area contributed by atoms with Gasteiger partial charge < -0.3 is 4.74 Å². The van der Waals surface area contributed by atoms with Gasteiger partial charge in [-0.3, -0.25) is 0 Å². The Bertz CT molecular complexity index is 75.6. The first-order chi connectivity index (χ1) is 3.92. The molecule has 0 saturated carbocycles. The molecule has 52 valence electrons. The summed E-state index contributed by atoms with van der Waals surface area (Å²) in [5.41, 5.74) is 0. The van der Waals surface area contributed by atoms with Crippen LogP contribution in [0.3, 0.4) is 0 Å². The van der Waals surface area contributed by atoms with Gasteiger partial charge in [0.05, 0.1) is 6.10 Å². The molecule has 1 nitrogen and oxygen atoms in total. The van der Waals surface area contributed by atoms with Crippen molar-refractivity contribution in [3.05, 3.63) is 0 Å². The second kappa shape index (κ2) is 3.31. The van der Waals surface area contributed by atoms with Gasteiger partial charge in [0, 0.05) is 6.61 Å². The van der Waals surface area contributed by atoms with E-state index < -0.39 is 0 Å². The van der Waals surface area contributed by atoms with E-state index in [9.17, 15) is 0 Å². The van der Waals surface area contributed by atoms with Gasteiger partial charge in [0.25, 0.3) is 0 Å². The Morgan fingerprint density at radius 1 is 1.44 bits per heavy atom. The van der Waals surface area contributed by atoms with E-state index in [1.54, 1.807) is 0 Å². The summed E-state index contributed by atoms with van der Waals surface area (Å²) in [6.45, 7) is 7.15. The third-order valence-electron chi connectivity index (χ3n) is 0.850. The van der Waals surface area contributed by atoms with E-state index >= 15 is 0 Å². The maximum atomic E-state index is 5.41. The standard InChI is InChI=1S/C6H16B2O/c1-5(2)9-4-6(3,7)8/h5H,4,7-8H2,1-3H3. The first-order valence-electron chi connectivity index (χ1n) is 3.53. The van der Waals surface area contributed by atoms with Crippen molar-refractivity contribution >= 4 is 15.7 Å². The summed E-state index contributed by atoms with van der Waals surface area (Å²) in [5, 5.41) is 0.310. The Hall–Kier alpha value is 0.0899. The number of rotatable bonds is 3. The lowest BCUT2D eigenvalue weighted by molar-refractivity contribution is 0.0738. The molecular formula is C6H16B2O. The average molecular weight is 126 g/mol. The van der Waals surface area contributed by atoms with Gasteiger partial charge in [-0.2, -0.15) is 0 Å². The molecule has 0 saturated heterocycles. The summed E-state index contributed by atoms with van der Waals surface area (Å²) >= 11 is 0. The predicted octanol–water partition coefficient (Wildman–Crippen LogP) is -0.186. The van der Waals surface area contributed by atoms with Crippen molar-refractivity contribution in [1.29, 1.82) is 0 Å². The summed E-state index contributed by atoms with van der Waals surface area (Å²) in [4.78, 5) is 0. The van der Waals surface area contributed by atoms with Crippen LogP contribution in [-0.2, 0) is 4.74 Å². The molecule has 0 aliphatic carbocycles. The van der Waals surface area contributed by atoms with Crippen LogP contribution in [0.1, 0.15) is 20.8 Å². The van der Waals surface area contributed by atoms with Crippen molar-refractivity contribution in [3.8, 4) is 0 Å². The fourth-order valence-electron chi connectivity index (χ4n) is 0.417. The molecule has 0 aromatic carbocycles. The van der Waals surface area contributed by atoms with Gasteiger partial charge in [0.2, 0.25) is 0 Å². The smallest absolute Gasteiger partial charge is 0.102 e. The summed E-state index contributed by atoms with van der Waals surface area (Å²) in [5.74, 6) is 0. The van der Waals surface area contributed by atoms with Gasteiger partial charge in [-0.25, -0.2) is 0 Å². The number of ether oxygens (including phenoxy) is 1. The van der Waals surface area contributed by atoms with E-state index in [2.05, 4.69) is 36.5 Å². The van der Waals surface area contributed by atoms with E-state index in [0.717, 1.165) is 6.61 Å². The molecule has 0 bridgehead atoms. The predicted molar refractivity (Wildman–Crippen MR) is 46.5 cm³/mol. The molecule has 0 N–H and O–H groups in total. The SMILES string of the molecule is BC(B)(C)COC(C)C. The van der Waals surface area contributed by atoms with Gasteiger partial charge in [0.15, 0.2) is 0 Å². The molecule has 0 unspecified atom stereocenters. The molecule has 0 radical (unpaired) electrons. The third kappa shape index (κ3) is 8.09. The molecule has 3 heteroatoms. The summed E-state index contributed by atoms with van der Waals surface area (Å²) < 4.78 is 5.41. The van der Waals surface area contributed by atoms with E-state index in [4.69, 9.17) is 4.74 Å². The lowest BCUT2D eigenvalue weighted by Crippen LogP contribution is -2.18. The first kappa shape index (κ1) is 9.09. The van der Waals surface area contributed by atoms with Gasteiger partial charge in [0.1, 0.15) is 15.7 Å². The van der Waals surface area contributed by atoms with E-state index in [0.29, 0.717) is 11.3 Å². The van der Waals surface area contributed by atoms with Crippen molar-refractivity contribution in [1.82, 2.24) is 0 Å². The van der Waals surface area contributed by atoms with Crippen molar-refractivity contribution < 1.29 is 4.74 Å². The Morgan fingerprint density at radius 2 is 1.89 bits per heavy atom. The molecule has 9 heavy (non-hydrogen) atoms. The van der Waals surface area contributed by atoms with Crippen LogP contribution in [0.25, 0.3) is 0 Å². The monoisotopic (exact) mass is 126 g/mol. The highest BCUT2D eigenvalue weighted by Gasteiger charge is 2.10. The summed E-state index contributed by atoms with van der Waals surface area (Å²) in [6.07, 6.45) is 0.365. The van der Waals surface area contributed by atoms with E-state index in [1.807, 2.05) is 0 Å². The van der Waals surface area contributed by atoms with E-state index in [-0.39, 0.29) is 0 Å².